The first-order valence-corrected chi connectivity index (χ1v) is 10.0. The zero-order chi connectivity index (χ0) is 20.2. The van der Waals surface area contributed by atoms with Gasteiger partial charge in [-0.25, -0.2) is 19.5 Å². The van der Waals surface area contributed by atoms with E-state index >= 15 is 0 Å². The maximum absolute atomic E-state index is 12.4. The van der Waals surface area contributed by atoms with Gasteiger partial charge in [0.05, 0.1) is 11.7 Å². The van der Waals surface area contributed by atoms with Crippen molar-refractivity contribution in [3.8, 4) is 0 Å². The summed E-state index contributed by atoms with van der Waals surface area (Å²) >= 11 is 17.6. The normalized spacial score (nSPS) is 17.2. The minimum atomic E-state index is -1.70. The van der Waals surface area contributed by atoms with Crippen molar-refractivity contribution in [3.63, 3.8) is 0 Å². The number of hydrogen-bond acceptors (Lipinski definition) is 7. The smallest absolute Gasteiger partial charge is 0.416 e. The largest absolute Gasteiger partial charge is 0.447 e. The van der Waals surface area contributed by atoms with E-state index in [9.17, 15) is 14.4 Å². The third-order valence-electron chi connectivity index (χ3n) is 3.67. The van der Waals surface area contributed by atoms with Crippen LogP contribution in [-0.4, -0.2) is 51.0 Å². The van der Waals surface area contributed by atoms with Gasteiger partial charge >= 0.3 is 12.2 Å². The van der Waals surface area contributed by atoms with Crippen molar-refractivity contribution in [2.24, 2.45) is 5.92 Å². The summed E-state index contributed by atoms with van der Waals surface area (Å²) < 4.78 is 8.01. The lowest BCUT2D eigenvalue weighted by Crippen LogP contribution is -2.41. The van der Waals surface area contributed by atoms with Gasteiger partial charge in [-0.1, -0.05) is 48.7 Å². The molecule has 1 atom stereocenters. The Kier molecular flexibility index (Phi) is 7.55. The number of thiazole rings is 1. The molecule has 0 aliphatic carbocycles. The minimum Gasteiger partial charge on any atom is -0.447 e. The van der Waals surface area contributed by atoms with Crippen molar-refractivity contribution in [2.75, 3.05) is 18.5 Å². The Morgan fingerprint density at radius 1 is 1.48 bits per heavy atom. The fourth-order valence-electron chi connectivity index (χ4n) is 2.32. The van der Waals surface area contributed by atoms with E-state index in [-0.39, 0.29) is 36.0 Å². The number of alkyl halides is 3. The molecule has 1 saturated heterocycles. The van der Waals surface area contributed by atoms with Crippen molar-refractivity contribution in [1.82, 2.24) is 9.88 Å². The second-order valence-electron chi connectivity index (χ2n) is 6.11. The number of amides is 3. The molecule has 12 heteroatoms. The molecule has 27 heavy (non-hydrogen) atoms. The number of halogens is 3. The van der Waals surface area contributed by atoms with Crippen LogP contribution in [0.3, 0.4) is 0 Å². The average Bonchev–Trinajstić information content (AvgIpc) is 3.16. The van der Waals surface area contributed by atoms with Crippen molar-refractivity contribution in [2.45, 2.75) is 36.5 Å². The topological polar surface area (TPSA) is 97.8 Å². The van der Waals surface area contributed by atoms with E-state index in [1.54, 1.807) is 5.38 Å². The second kappa shape index (κ2) is 9.27. The first kappa shape index (κ1) is 22.0. The van der Waals surface area contributed by atoms with Crippen LogP contribution < -0.4 is 5.32 Å². The van der Waals surface area contributed by atoms with Gasteiger partial charge in [0.1, 0.15) is 13.2 Å². The van der Waals surface area contributed by atoms with E-state index in [0.29, 0.717) is 12.1 Å². The lowest BCUT2D eigenvalue weighted by Gasteiger charge is -2.22. The molecule has 0 spiro atoms. The van der Waals surface area contributed by atoms with Gasteiger partial charge in [-0.05, 0) is 12.3 Å². The Bertz CT molecular complexity index is 707. The second-order valence-corrected chi connectivity index (χ2v) is 9.49. The molecule has 0 saturated carbocycles. The summed E-state index contributed by atoms with van der Waals surface area (Å²) in [5.41, 5.74) is 0.596. The zero-order valence-electron chi connectivity index (χ0n) is 14.5. The van der Waals surface area contributed by atoms with Crippen LogP contribution in [0.5, 0.6) is 0 Å². The van der Waals surface area contributed by atoms with Gasteiger partial charge < -0.3 is 9.47 Å². The van der Waals surface area contributed by atoms with Crippen LogP contribution in [-0.2, 0) is 20.7 Å². The number of rotatable bonds is 6. The van der Waals surface area contributed by atoms with Crippen LogP contribution >= 0.6 is 46.1 Å². The average molecular weight is 459 g/mol. The van der Waals surface area contributed by atoms with Gasteiger partial charge in [0, 0.05) is 11.8 Å². The molecular weight excluding hydrogens is 441 g/mol. The number of anilines is 1. The Morgan fingerprint density at radius 2 is 2.19 bits per heavy atom. The van der Waals surface area contributed by atoms with Gasteiger partial charge in [-0.3, -0.25) is 10.1 Å². The van der Waals surface area contributed by atoms with E-state index in [1.807, 2.05) is 13.8 Å². The molecule has 2 heterocycles. The standard InChI is InChI=1S/C15H18Cl3N3O5S/c1-8(2)10-5-25-14(24)21(10)11(22)4-3-9-6-27-12(19-9)20-13(23)26-7-15(16,17)18/h6,8,10H,3-5,7H2,1-2H3,(H,19,20,23)/t10-/m1/s1. The fourth-order valence-corrected chi connectivity index (χ4v) is 3.21. The third-order valence-corrected chi connectivity index (χ3v) is 4.80. The van der Waals surface area contributed by atoms with E-state index < -0.39 is 22.6 Å². The lowest BCUT2D eigenvalue weighted by atomic mass is 10.0. The number of imide groups is 1. The molecule has 1 fully saturated rings. The summed E-state index contributed by atoms with van der Waals surface area (Å²) in [4.78, 5) is 41.1. The summed E-state index contributed by atoms with van der Waals surface area (Å²) in [6.45, 7) is 3.66. The Labute approximate surface area is 175 Å². The molecule has 1 aromatic rings. The van der Waals surface area contributed by atoms with E-state index in [2.05, 4.69) is 10.3 Å². The van der Waals surface area contributed by atoms with Crippen LogP contribution in [0.2, 0.25) is 0 Å². The van der Waals surface area contributed by atoms with Crippen molar-refractivity contribution in [3.05, 3.63) is 11.1 Å². The number of aryl methyl sites for hydroxylation is 1. The molecule has 8 nitrogen and oxygen atoms in total. The number of hydrogen-bond donors (Lipinski definition) is 1. The molecule has 1 aromatic heterocycles. The number of carbonyl (C=O) groups is 3. The van der Waals surface area contributed by atoms with Crippen LogP contribution in [0.4, 0.5) is 14.7 Å². The van der Waals surface area contributed by atoms with Gasteiger partial charge in [0.15, 0.2) is 5.13 Å². The first-order chi connectivity index (χ1) is 12.6. The van der Waals surface area contributed by atoms with Crippen molar-refractivity contribution < 1.29 is 23.9 Å². The number of nitrogens with zero attached hydrogens (tertiary/aromatic N) is 2. The fraction of sp³-hybridized carbons (Fsp3) is 0.600. The van der Waals surface area contributed by atoms with Gasteiger partial charge in [-0.15, -0.1) is 11.3 Å². The summed E-state index contributed by atoms with van der Waals surface area (Å²) in [5, 5.41) is 4.39. The van der Waals surface area contributed by atoms with Crippen LogP contribution in [0.15, 0.2) is 5.38 Å². The maximum Gasteiger partial charge on any atom is 0.416 e. The molecule has 1 aliphatic rings. The molecular formula is C15H18Cl3N3O5S. The zero-order valence-corrected chi connectivity index (χ0v) is 17.6. The molecule has 0 unspecified atom stereocenters. The number of aromatic nitrogens is 1. The van der Waals surface area contributed by atoms with Gasteiger partial charge in [0.2, 0.25) is 9.70 Å². The predicted molar refractivity (Wildman–Crippen MR) is 103 cm³/mol. The van der Waals surface area contributed by atoms with Crippen molar-refractivity contribution in [1.29, 1.82) is 0 Å². The summed E-state index contributed by atoms with van der Waals surface area (Å²) in [5.74, 6) is -0.213. The van der Waals surface area contributed by atoms with E-state index in [0.717, 1.165) is 11.3 Å². The monoisotopic (exact) mass is 457 g/mol. The van der Waals surface area contributed by atoms with Gasteiger partial charge in [0.25, 0.3) is 0 Å². The lowest BCUT2D eigenvalue weighted by molar-refractivity contribution is -0.129. The summed E-state index contributed by atoms with van der Waals surface area (Å²) in [6.07, 6.45) is -1.01. The summed E-state index contributed by atoms with van der Waals surface area (Å²) in [7, 11) is 0. The number of ether oxygens (including phenoxy) is 2. The highest BCUT2D eigenvalue weighted by Gasteiger charge is 2.39. The predicted octanol–water partition coefficient (Wildman–Crippen LogP) is 4.00. The highest BCUT2D eigenvalue weighted by atomic mass is 35.6. The SMILES string of the molecule is CC(C)[C@H]1COC(=O)N1C(=O)CCc1csc(NC(=O)OCC(Cl)(Cl)Cl)n1. The molecule has 3 amide bonds. The molecule has 2 rings (SSSR count). The van der Waals surface area contributed by atoms with Crippen LogP contribution in [0.25, 0.3) is 0 Å². The molecule has 0 aromatic carbocycles. The maximum atomic E-state index is 12.4. The molecule has 1 aliphatic heterocycles. The quantitative estimate of drug-likeness (QED) is 0.647. The molecule has 0 radical (unpaired) electrons. The minimum absolute atomic E-state index is 0.0964. The summed E-state index contributed by atoms with van der Waals surface area (Å²) in [6, 6.07) is -0.259. The first-order valence-electron chi connectivity index (χ1n) is 8.00. The third kappa shape index (κ3) is 6.67. The Balaban J connectivity index is 1.84. The number of carbonyl (C=O) groups excluding carboxylic acids is 3. The Hall–Kier alpha value is -1.29. The van der Waals surface area contributed by atoms with Crippen molar-refractivity contribution >= 4 is 69.4 Å². The molecule has 1 N–H and O–H groups in total. The number of nitrogens with one attached hydrogen (secondary N) is 1. The highest BCUT2D eigenvalue weighted by molar-refractivity contribution is 7.13. The van der Waals surface area contributed by atoms with E-state index in [1.165, 1.54) is 4.90 Å². The Morgan fingerprint density at radius 3 is 2.81 bits per heavy atom. The van der Waals surface area contributed by atoms with Crippen LogP contribution in [0, 0.1) is 5.92 Å². The highest BCUT2D eigenvalue weighted by Crippen LogP contribution is 2.26. The molecule has 150 valence electrons. The van der Waals surface area contributed by atoms with Gasteiger partial charge in [-0.2, -0.15) is 0 Å². The molecule has 0 bridgehead atoms. The van der Waals surface area contributed by atoms with Crippen LogP contribution in [0.1, 0.15) is 26.0 Å². The number of cyclic esters (lactones) is 1. The van der Waals surface area contributed by atoms with E-state index in [4.69, 9.17) is 44.3 Å².